The lowest BCUT2D eigenvalue weighted by Gasteiger charge is -2.21. The van der Waals surface area contributed by atoms with Crippen LogP contribution in [0.5, 0.6) is 0 Å². The standard InChI is InChI=1S/C13H11F3N4O/c1-20(8-3-2-6-18-7-8)12-9(11(17)21)4-5-10(19-12)13(14,15)16/h2-7H,1H3,(H2,17,21). The Balaban J connectivity index is 2.56. The van der Waals surface area contributed by atoms with E-state index in [1.54, 1.807) is 12.1 Å². The number of rotatable bonds is 3. The first-order chi connectivity index (χ1) is 9.80. The van der Waals surface area contributed by atoms with Gasteiger partial charge in [-0.25, -0.2) is 4.98 Å². The second kappa shape index (κ2) is 5.39. The molecule has 0 saturated carbocycles. The molecule has 2 rings (SSSR count). The van der Waals surface area contributed by atoms with E-state index in [0.717, 1.165) is 12.1 Å². The molecular formula is C13H11F3N4O. The first kappa shape index (κ1) is 14.8. The number of hydrogen-bond acceptors (Lipinski definition) is 4. The smallest absolute Gasteiger partial charge is 0.365 e. The SMILES string of the molecule is CN(c1cccnc1)c1nc(C(F)(F)F)ccc1C(N)=O. The lowest BCUT2D eigenvalue weighted by Crippen LogP contribution is -2.22. The van der Waals surface area contributed by atoms with Crippen LogP contribution in [0.1, 0.15) is 16.1 Å². The fourth-order valence-electron chi connectivity index (χ4n) is 1.73. The summed E-state index contributed by atoms with van der Waals surface area (Å²) in [6.45, 7) is 0. The van der Waals surface area contributed by atoms with Crippen LogP contribution in [-0.2, 0) is 6.18 Å². The van der Waals surface area contributed by atoms with E-state index in [9.17, 15) is 18.0 Å². The summed E-state index contributed by atoms with van der Waals surface area (Å²) in [6, 6.07) is 4.98. The third-order valence-corrected chi connectivity index (χ3v) is 2.78. The molecule has 0 fully saturated rings. The van der Waals surface area contributed by atoms with Gasteiger partial charge in [-0.05, 0) is 24.3 Å². The minimum Gasteiger partial charge on any atom is -0.365 e. The van der Waals surface area contributed by atoms with Gasteiger partial charge in [-0.2, -0.15) is 13.2 Å². The molecule has 0 aliphatic heterocycles. The number of carbonyl (C=O) groups excluding carboxylic acids is 1. The van der Waals surface area contributed by atoms with Crippen LogP contribution in [0.4, 0.5) is 24.7 Å². The van der Waals surface area contributed by atoms with Crippen molar-refractivity contribution in [1.82, 2.24) is 9.97 Å². The zero-order valence-corrected chi connectivity index (χ0v) is 10.9. The van der Waals surface area contributed by atoms with Crippen LogP contribution < -0.4 is 10.6 Å². The fourth-order valence-corrected chi connectivity index (χ4v) is 1.73. The molecule has 1 amide bonds. The van der Waals surface area contributed by atoms with E-state index < -0.39 is 17.8 Å². The summed E-state index contributed by atoms with van der Waals surface area (Å²) in [6.07, 6.45) is -1.65. The van der Waals surface area contributed by atoms with Gasteiger partial charge in [-0.15, -0.1) is 0 Å². The van der Waals surface area contributed by atoms with Crippen LogP contribution in [0, 0.1) is 0 Å². The third kappa shape index (κ3) is 3.10. The number of hydrogen-bond donors (Lipinski definition) is 1. The number of amides is 1. The van der Waals surface area contributed by atoms with Crippen molar-refractivity contribution in [2.24, 2.45) is 5.73 Å². The number of anilines is 2. The predicted molar refractivity (Wildman–Crippen MR) is 70.1 cm³/mol. The van der Waals surface area contributed by atoms with Crippen LogP contribution in [0.15, 0.2) is 36.7 Å². The van der Waals surface area contributed by atoms with E-state index in [4.69, 9.17) is 5.73 Å². The highest BCUT2D eigenvalue weighted by molar-refractivity contribution is 5.98. The zero-order valence-electron chi connectivity index (χ0n) is 10.9. The average molecular weight is 296 g/mol. The molecule has 0 aromatic carbocycles. The summed E-state index contributed by atoms with van der Waals surface area (Å²) >= 11 is 0. The second-order valence-electron chi connectivity index (χ2n) is 4.20. The normalized spacial score (nSPS) is 11.2. The van der Waals surface area contributed by atoms with E-state index in [1.807, 2.05) is 0 Å². The van der Waals surface area contributed by atoms with Crippen molar-refractivity contribution in [2.75, 3.05) is 11.9 Å². The molecule has 0 spiro atoms. The predicted octanol–water partition coefficient (Wildman–Crippen LogP) is 2.36. The van der Waals surface area contributed by atoms with Crippen molar-refractivity contribution in [1.29, 1.82) is 0 Å². The van der Waals surface area contributed by atoms with Gasteiger partial charge in [0.2, 0.25) is 0 Å². The van der Waals surface area contributed by atoms with Crippen LogP contribution in [0.25, 0.3) is 0 Å². The Morgan fingerprint density at radius 1 is 1.29 bits per heavy atom. The largest absolute Gasteiger partial charge is 0.433 e. The van der Waals surface area contributed by atoms with Crippen LogP contribution in [0.2, 0.25) is 0 Å². The zero-order chi connectivity index (χ0) is 15.6. The van der Waals surface area contributed by atoms with Crippen LogP contribution in [0.3, 0.4) is 0 Å². The maximum absolute atomic E-state index is 12.8. The van der Waals surface area contributed by atoms with Crippen molar-refractivity contribution < 1.29 is 18.0 Å². The Morgan fingerprint density at radius 2 is 2.00 bits per heavy atom. The number of pyridine rings is 2. The van der Waals surface area contributed by atoms with E-state index >= 15 is 0 Å². The monoisotopic (exact) mass is 296 g/mol. The Labute approximate surface area is 118 Å². The first-order valence-corrected chi connectivity index (χ1v) is 5.82. The summed E-state index contributed by atoms with van der Waals surface area (Å²) in [4.78, 5) is 20.1. The molecule has 0 aliphatic rings. The summed E-state index contributed by atoms with van der Waals surface area (Å²) in [7, 11) is 1.48. The van der Waals surface area contributed by atoms with Gasteiger partial charge in [0.05, 0.1) is 17.4 Å². The van der Waals surface area contributed by atoms with E-state index in [-0.39, 0.29) is 11.4 Å². The molecule has 0 bridgehead atoms. The molecule has 110 valence electrons. The molecule has 0 aliphatic carbocycles. The van der Waals surface area contributed by atoms with Gasteiger partial charge >= 0.3 is 6.18 Å². The molecular weight excluding hydrogens is 285 g/mol. The maximum atomic E-state index is 12.8. The van der Waals surface area contributed by atoms with Gasteiger partial charge in [0.25, 0.3) is 5.91 Å². The number of nitrogens with two attached hydrogens (primary N) is 1. The van der Waals surface area contributed by atoms with E-state index in [0.29, 0.717) is 5.69 Å². The van der Waals surface area contributed by atoms with Gasteiger partial charge in [-0.1, -0.05) is 0 Å². The Morgan fingerprint density at radius 3 is 2.52 bits per heavy atom. The van der Waals surface area contributed by atoms with Crippen molar-refractivity contribution >= 4 is 17.4 Å². The number of aromatic nitrogens is 2. The van der Waals surface area contributed by atoms with Gasteiger partial charge < -0.3 is 10.6 Å². The Bertz CT molecular complexity index is 658. The molecule has 8 heteroatoms. The first-order valence-electron chi connectivity index (χ1n) is 5.82. The quantitative estimate of drug-likeness (QED) is 0.943. The minimum atomic E-state index is -4.61. The number of halogens is 3. The van der Waals surface area contributed by atoms with Gasteiger partial charge in [-0.3, -0.25) is 9.78 Å². The molecule has 2 aromatic rings. The number of alkyl halides is 3. The summed E-state index contributed by atoms with van der Waals surface area (Å²) in [5.74, 6) is -1.03. The average Bonchev–Trinajstić information content (AvgIpc) is 2.45. The summed E-state index contributed by atoms with van der Waals surface area (Å²) in [5, 5.41) is 0. The maximum Gasteiger partial charge on any atom is 0.433 e. The summed E-state index contributed by atoms with van der Waals surface area (Å²) < 4.78 is 38.3. The van der Waals surface area contributed by atoms with Crippen molar-refractivity contribution in [2.45, 2.75) is 6.18 Å². The number of nitrogens with zero attached hydrogens (tertiary/aromatic N) is 3. The molecule has 0 saturated heterocycles. The van der Waals surface area contributed by atoms with Gasteiger partial charge in [0.1, 0.15) is 11.5 Å². The molecule has 2 aromatic heterocycles. The summed E-state index contributed by atoms with van der Waals surface area (Å²) in [5.41, 5.74) is 4.46. The molecule has 0 radical (unpaired) electrons. The highest BCUT2D eigenvalue weighted by atomic mass is 19.4. The van der Waals surface area contributed by atoms with Gasteiger partial charge in [0.15, 0.2) is 0 Å². The topological polar surface area (TPSA) is 72.1 Å². The molecule has 5 nitrogen and oxygen atoms in total. The Kier molecular flexibility index (Phi) is 3.79. The van der Waals surface area contributed by atoms with Crippen molar-refractivity contribution in [3.63, 3.8) is 0 Å². The van der Waals surface area contributed by atoms with Crippen molar-refractivity contribution in [3.8, 4) is 0 Å². The second-order valence-corrected chi connectivity index (χ2v) is 4.20. The highest BCUT2D eigenvalue weighted by Crippen LogP contribution is 2.32. The third-order valence-electron chi connectivity index (χ3n) is 2.78. The fraction of sp³-hybridized carbons (Fsp3) is 0.154. The molecule has 2 heterocycles. The lowest BCUT2D eigenvalue weighted by atomic mass is 10.2. The van der Waals surface area contributed by atoms with E-state index in [1.165, 1.54) is 24.3 Å². The lowest BCUT2D eigenvalue weighted by molar-refractivity contribution is -0.141. The van der Waals surface area contributed by atoms with Crippen LogP contribution >= 0.6 is 0 Å². The molecule has 0 atom stereocenters. The van der Waals surface area contributed by atoms with Crippen molar-refractivity contribution in [3.05, 3.63) is 47.9 Å². The van der Waals surface area contributed by atoms with E-state index in [2.05, 4.69) is 9.97 Å². The number of primary amides is 1. The number of carbonyl (C=O) groups is 1. The molecule has 0 unspecified atom stereocenters. The molecule has 2 N–H and O–H groups in total. The minimum absolute atomic E-state index is 0.102. The highest BCUT2D eigenvalue weighted by Gasteiger charge is 2.34. The molecule has 21 heavy (non-hydrogen) atoms. The Hall–Kier alpha value is -2.64. The van der Waals surface area contributed by atoms with Gasteiger partial charge in [0, 0.05) is 13.2 Å². The van der Waals surface area contributed by atoms with Crippen LogP contribution in [-0.4, -0.2) is 22.9 Å².